The number of amides is 2. The van der Waals surface area contributed by atoms with Crippen LogP contribution in [0.2, 0.25) is 0 Å². The molecule has 2 amide bonds. The van der Waals surface area contributed by atoms with Crippen LogP contribution >= 0.6 is 0 Å². The molecular formula is C14H26N2O3. The van der Waals surface area contributed by atoms with Crippen molar-refractivity contribution in [2.24, 2.45) is 11.8 Å². The molecule has 2 unspecified atom stereocenters. The molecule has 1 fully saturated rings. The zero-order chi connectivity index (χ0) is 14.1. The summed E-state index contributed by atoms with van der Waals surface area (Å²) in [6, 6.07) is -0.186. The lowest BCUT2D eigenvalue weighted by Gasteiger charge is -2.28. The second kappa shape index (κ2) is 8.77. The summed E-state index contributed by atoms with van der Waals surface area (Å²) < 4.78 is 0. The second-order valence-electron chi connectivity index (χ2n) is 5.49. The standard InChI is InChI=1S/C14H26N2O3/c1-11-5-2-3-6-12(11)8-10-16-14(19)15-9-4-7-13(17)18/h11-12H,2-10H2,1H3,(H,17,18)(H2,15,16,19). The molecule has 0 aromatic heterocycles. The highest BCUT2D eigenvalue weighted by Gasteiger charge is 2.20. The van der Waals surface area contributed by atoms with E-state index in [0.717, 1.165) is 18.3 Å². The Morgan fingerprint density at radius 3 is 2.53 bits per heavy atom. The third-order valence-electron chi connectivity index (χ3n) is 3.94. The first-order valence-electron chi connectivity index (χ1n) is 7.33. The van der Waals surface area contributed by atoms with Gasteiger partial charge in [0, 0.05) is 19.5 Å². The van der Waals surface area contributed by atoms with Gasteiger partial charge in [0.25, 0.3) is 0 Å². The second-order valence-corrected chi connectivity index (χ2v) is 5.49. The number of nitrogens with one attached hydrogen (secondary N) is 2. The maximum absolute atomic E-state index is 11.4. The summed E-state index contributed by atoms with van der Waals surface area (Å²) in [5, 5.41) is 14.0. The minimum absolute atomic E-state index is 0.0971. The summed E-state index contributed by atoms with van der Waals surface area (Å²) in [6.07, 6.45) is 6.87. The molecule has 5 heteroatoms. The molecular weight excluding hydrogens is 244 g/mol. The summed E-state index contributed by atoms with van der Waals surface area (Å²) in [5.41, 5.74) is 0. The smallest absolute Gasteiger partial charge is 0.314 e. The number of hydrogen-bond acceptors (Lipinski definition) is 2. The van der Waals surface area contributed by atoms with E-state index in [1.165, 1.54) is 25.7 Å². The van der Waals surface area contributed by atoms with E-state index >= 15 is 0 Å². The van der Waals surface area contributed by atoms with E-state index in [-0.39, 0.29) is 12.5 Å². The summed E-state index contributed by atoms with van der Waals surface area (Å²) >= 11 is 0. The Balaban J connectivity index is 2.01. The molecule has 0 heterocycles. The van der Waals surface area contributed by atoms with Crippen molar-refractivity contribution in [1.82, 2.24) is 10.6 Å². The van der Waals surface area contributed by atoms with Crippen LogP contribution in [0.5, 0.6) is 0 Å². The van der Waals surface area contributed by atoms with Gasteiger partial charge in [-0.3, -0.25) is 4.79 Å². The maximum Gasteiger partial charge on any atom is 0.314 e. The molecule has 0 aliphatic heterocycles. The van der Waals surface area contributed by atoms with Crippen LogP contribution in [-0.4, -0.2) is 30.2 Å². The van der Waals surface area contributed by atoms with E-state index in [2.05, 4.69) is 17.6 Å². The predicted octanol–water partition coefficient (Wildman–Crippen LogP) is 2.37. The molecule has 110 valence electrons. The Labute approximate surface area is 115 Å². The van der Waals surface area contributed by atoms with Gasteiger partial charge in [0.2, 0.25) is 0 Å². The van der Waals surface area contributed by atoms with E-state index < -0.39 is 5.97 Å². The average Bonchev–Trinajstić information content (AvgIpc) is 2.37. The van der Waals surface area contributed by atoms with Crippen molar-refractivity contribution in [1.29, 1.82) is 0 Å². The van der Waals surface area contributed by atoms with E-state index in [1.807, 2.05) is 0 Å². The molecule has 19 heavy (non-hydrogen) atoms. The number of carboxylic acids is 1. The Morgan fingerprint density at radius 2 is 1.84 bits per heavy atom. The highest BCUT2D eigenvalue weighted by molar-refractivity contribution is 5.73. The molecule has 0 aromatic rings. The molecule has 0 bridgehead atoms. The van der Waals surface area contributed by atoms with Crippen molar-refractivity contribution in [2.45, 2.75) is 51.9 Å². The van der Waals surface area contributed by atoms with E-state index in [1.54, 1.807) is 0 Å². The van der Waals surface area contributed by atoms with Crippen LogP contribution in [0, 0.1) is 11.8 Å². The van der Waals surface area contributed by atoms with Crippen molar-refractivity contribution < 1.29 is 14.7 Å². The summed E-state index contributed by atoms with van der Waals surface area (Å²) in [5.74, 6) is 0.684. The molecule has 0 spiro atoms. The topological polar surface area (TPSA) is 78.4 Å². The quantitative estimate of drug-likeness (QED) is 0.621. The SMILES string of the molecule is CC1CCCCC1CCNC(=O)NCCCC(=O)O. The first-order valence-corrected chi connectivity index (χ1v) is 7.33. The molecule has 0 saturated heterocycles. The summed E-state index contributed by atoms with van der Waals surface area (Å²) in [7, 11) is 0. The Morgan fingerprint density at radius 1 is 1.16 bits per heavy atom. The highest BCUT2D eigenvalue weighted by atomic mass is 16.4. The van der Waals surface area contributed by atoms with Gasteiger partial charge < -0.3 is 15.7 Å². The van der Waals surface area contributed by atoms with Gasteiger partial charge in [-0.2, -0.15) is 0 Å². The first-order chi connectivity index (χ1) is 9.09. The Bertz CT molecular complexity index is 294. The zero-order valence-corrected chi connectivity index (χ0v) is 11.8. The molecule has 5 nitrogen and oxygen atoms in total. The lowest BCUT2D eigenvalue weighted by atomic mass is 9.79. The van der Waals surface area contributed by atoms with E-state index in [0.29, 0.717) is 19.5 Å². The fourth-order valence-electron chi connectivity index (χ4n) is 2.70. The van der Waals surface area contributed by atoms with Crippen molar-refractivity contribution in [3.63, 3.8) is 0 Å². The number of hydrogen-bond donors (Lipinski definition) is 3. The summed E-state index contributed by atoms with van der Waals surface area (Å²) in [6.45, 7) is 3.42. The number of carboxylic acid groups (broad SMARTS) is 1. The Hall–Kier alpha value is -1.26. The van der Waals surface area contributed by atoms with Crippen LogP contribution in [0.15, 0.2) is 0 Å². The van der Waals surface area contributed by atoms with Gasteiger partial charge in [-0.15, -0.1) is 0 Å². The lowest BCUT2D eigenvalue weighted by molar-refractivity contribution is -0.137. The van der Waals surface area contributed by atoms with Crippen LogP contribution in [0.4, 0.5) is 4.79 Å². The number of rotatable bonds is 7. The third kappa shape index (κ3) is 7.03. The molecule has 1 saturated carbocycles. The molecule has 0 aromatic carbocycles. The van der Waals surface area contributed by atoms with E-state index in [9.17, 15) is 9.59 Å². The van der Waals surface area contributed by atoms with Gasteiger partial charge in [0.1, 0.15) is 0 Å². The molecule has 1 rings (SSSR count). The molecule has 2 atom stereocenters. The maximum atomic E-state index is 11.4. The molecule has 1 aliphatic rings. The van der Waals surface area contributed by atoms with Crippen LogP contribution in [0.25, 0.3) is 0 Å². The molecule has 0 radical (unpaired) electrons. The van der Waals surface area contributed by atoms with Crippen LogP contribution < -0.4 is 10.6 Å². The van der Waals surface area contributed by atoms with Crippen molar-refractivity contribution in [3.05, 3.63) is 0 Å². The fraction of sp³-hybridized carbons (Fsp3) is 0.857. The van der Waals surface area contributed by atoms with Crippen LogP contribution in [-0.2, 0) is 4.79 Å². The monoisotopic (exact) mass is 270 g/mol. The number of carbonyl (C=O) groups is 2. The van der Waals surface area contributed by atoms with Gasteiger partial charge in [-0.1, -0.05) is 32.6 Å². The normalized spacial score (nSPS) is 22.8. The third-order valence-corrected chi connectivity index (χ3v) is 3.94. The predicted molar refractivity (Wildman–Crippen MR) is 74.0 cm³/mol. The number of aliphatic carboxylic acids is 1. The van der Waals surface area contributed by atoms with Gasteiger partial charge >= 0.3 is 12.0 Å². The van der Waals surface area contributed by atoms with Crippen molar-refractivity contribution in [3.8, 4) is 0 Å². The van der Waals surface area contributed by atoms with E-state index in [4.69, 9.17) is 5.11 Å². The number of urea groups is 1. The van der Waals surface area contributed by atoms with Crippen molar-refractivity contribution >= 4 is 12.0 Å². The van der Waals surface area contributed by atoms with Gasteiger partial charge in [0.15, 0.2) is 0 Å². The highest BCUT2D eigenvalue weighted by Crippen LogP contribution is 2.31. The summed E-state index contributed by atoms with van der Waals surface area (Å²) in [4.78, 5) is 21.7. The van der Waals surface area contributed by atoms with Crippen LogP contribution in [0.3, 0.4) is 0 Å². The van der Waals surface area contributed by atoms with Gasteiger partial charge in [-0.25, -0.2) is 4.79 Å². The fourth-order valence-corrected chi connectivity index (χ4v) is 2.70. The average molecular weight is 270 g/mol. The van der Waals surface area contributed by atoms with Crippen molar-refractivity contribution in [2.75, 3.05) is 13.1 Å². The Kier molecular flexibility index (Phi) is 7.30. The lowest BCUT2D eigenvalue weighted by Crippen LogP contribution is -2.37. The minimum Gasteiger partial charge on any atom is -0.481 e. The van der Waals surface area contributed by atoms with Crippen LogP contribution in [0.1, 0.15) is 51.9 Å². The number of carbonyl (C=O) groups excluding carboxylic acids is 1. The van der Waals surface area contributed by atoms with Gasteiger partial charge in [0.05, 0.1) is 0 Å². The molecule has 3 N–H and O–H groups in total. The zero-order valence-electron chi connectivity index (χ0n) is 11.8. The van der Waals surface area contributed by atoms with Gasteiger partial charge in [-0.05, 0) is 24.7 Å². The molecule has 1 aliphatic carbocycles. The minimum atomic E-state index is -0.825. The first kappa shape index (κ1) is 15.8. The largest absolute Gasteiger partial charge is 0.481 e.